The third-order valence-corrected chi connectivity index (χ3v) is 7.25. The first kappa shape index (κ1) is 22.5. The van der Waals surface area contributed by atoms with Crippen molar-refractivity contribution in [2.24, 2.45) is 0 Å². The normalized spacial score (nSPS) is 21.1. The van der Waals surface area contributed by atoms with Crippen LogP contribution in [-0.4, -0.2) is 70.2 Å². The summed E-state index contributed by atoms with van der Waals surface area (Å²) in [5.41, 5.74) is 0.191. The molecule has 3 amide bonds. The molecule has 0 aromatic heterocycles. The number of carbonyl (C=O) groups is 3. The fraction of sp³-hybridized carbons (Fsp3) is 0.423. The van der Waals surface area contributed by atoms with Gasteiger partial charge in [0.15, 0.2) is 0 Å². The molecule has 1 unspecified atom stereocenters. The summed E-state index contributed by atoms with van der Waals surface area (Å²) in [6.07, 6.45) is 1.88. The van der Waals surface area contributed by atoms with E-state index in [2.05, 4.69) is 0 Å². The predicted molar refractivity (Wildman–Crippen MR) is 121 cm³/mol. The van der Waals surface area contributed by atoms with Crippen molar-refractivity contribution in [2.45, 2.75) is 44.2 Å². The maximum Gasteiger partial charge on any atom is 0.255 e. The van der Waals surface area contributed by atoms with E-state index in [0.717, 1.165) is 31.0 Å². The highest BCUT2D eigenvalue weighted by Crippen LogP contribution is 2.48. The fourth-order valence-electron chi connectivity index (χ4n) is 5.89. The SMILES string of the molecule is CC(C)N1C(=O)c2ccccc2C(C(=O)N2CCCC2)C12CN(C(=O)c1cc(F)cc(F)c1)C2. The summed E-state index contributed by atoms with van der Waals surface area (Å²) in [7, 11) is 0. The molecule has 34 heavy (non-hydrogen) atoms. The lowest BCUT2D eigenvalue weighted by molar-refractivity contribution is -0.141. The number of fused-ring (bicyclic) bond motifs is 1. The second-order valence-electron chi connectivity index (χ2n) is 9.74. The van der Waals surface area contributed by atoms with Gasteiger partial charge in [-0.15, -0.1) is 0 Å². The zero-order chi connectivity index (χ0) is 24.2. The molecule has 0 N–H and O–H groups in total. The Balaban J connectivity index is 1.56. The van der Waals surface area contributed by atoms with Crippen LogP contribution in [0.2, 0.25) is 0 Å². The molecule has 178 valence electrons. The van der Waals surface area contributed by atoms with Crippen molar-refractivity contribution in [2.75, 3.05) is 26.2 Å². The number of hydrogen-bond acceptors (Lipinski definition) is 3. The standard InChI is InChI=1S/C26H27F2N3O3/c1-16(2)31-24(33)21-8-4-3-7-20(21)22(25(34)29-9-5-6-10-29)26(31)14-30(15-26)23(32)17-11-18(27)13-19(28)12-17/h3-4,7-8,11-13,16,22H,5-6,9-10,14-15H2,1-2H3. The van der Waals surface area contributed by atoms with Crippen molar-refractivity contribution in [3.8, 4) is 0 Å². The molecule has 6 nitrogen and oxygen atoms in total. The highest BCUT2D eigenvalue weighted by molar-refractivity contribution is 6.03. The van der Waals surface area contributed by atoms with Gasteiger partial charge < -0.3 is 14.7 Å². The van der Waals surface area contributed by atoms with E-state index < -0.39 is 29.0 Å². The quantitative estimate of drug-likeness (QED) is 0.695. The lowest BCUT2D eigenvalue weighted by Gasteiger charge is -2.62. The minimum atomic E-state index is -0.916. The number of halogens is 2. The summed E-state index contributed by atoms with van der Waals surface area (Å²) < 4.78 is 27.5. The summed E-state index contributed by atoms with van der Waals surface area (Å²) >= 11 is 0. The predicted octanol–water partition coefficient (Wildman–Crippen LogP) is 3.43. The summed E-state index contributed by atoms with van der Waals surface area (Å²) in [5, 5.41) is 0. The number of amides is 3. The molecular weight excluding hydrogens is 440 g/mol. The Morgan fingerprint density at radius 1 is 0.971 bits per heavy atom. The molecule has 2 saturated heterocycles. The molecule has 5 rings (SSSR count). The van der Waals surface area contributed by atoms with Crippen LogP contribution in [0.3, 0.4) is 0 Å². The highest BCUT2D eigenvalue weighted by atomic mass is 19.1. The van der Waals surface area contributed by atoms with E-state index in [1.807, 2.05) is 30.9 Å². The molecule has 1 spiro atoms. The van der Waals surface area contributed by atoms with Gasteiger partial charge in [0.2, 0.25) is 5.91 Å². The summed E-state index contributed by atoms with van der Waals surface area (Å²) in [4.78, 5) is 45.6. The van der Waals surface area contributed by atoms with Crippen LogP contribution in [0.4, 0.5) is 8.78 Å². The smallest absolute Gasteiger partial charge is 0.255 e. The van der Waals surface area contributed by atoms with Gasteiger partial charge in [-0.3, -0.25) is 14.4 Å². The Morgan fingerprint density at radius 3 is 2.21 bits per heavy atom. The zero-order valence-electron chi connectivity index (χ0n) is 19.3. The van der Waals surface area contributed by atoms with Crippen molar-refractivity contribution >= 4 is 17.7 Å². The number of hydrogen-bond donors (Lipinski definition) is 0. The Kier molecular flexibility index (Phi) is 5.41. The van der Waals surface area contributed by atoms with E-state index in [9.17, 15) is 23.2 Å². The van der Waals surface area contributed by atoms with Gasteiger partial charge in [-0.05, 0) is 50.5 Å². The second kappa shape index (κ2) is 8.18. The van der Waals surface area contributed by atoms with Crippen molar-refractivity contribution in [3.05, 3.63) is 70.8 Å². The van der Waals surface area contributed by atoms with Crippen LogP contribution < -0.4 is 0 Å². The molecule has 1 atom stereocenters. The van der Waals surface area contributed by atoms with Crippen molar-refractivity contribution in [1.29, 1.82) is 0 Å². The van der Waals surface area contributed by atoms with Crippen molar-refractivity contribution in [3.63, 3.8) is 0 Å². The maximum atomic E-state index is 13.9. The molecule has 0 saturated carbocycles. The average Bonchev–Trinajstić information content (AvgIpc) is 3.30. The minimum Gasteiger partial charge on any atom is -0.342 e. The lowest BCUT2D eigenvalue weighted by atomic mass is 9.67. The van der Waals surface area contributed by atoms with Crippen molar-refractivity contribution in [1.82, 2.24) is 14.7 Å². The zero-order valence-corrected chi connectivity index (χ0v) is 19.3. The monoisotopic (exact) mass is 467 g/mol. The molecule has 0 bridgehead atoms. The number of likely N-dealkylation sites (tertiary alicyclic amines) is 2. The van der Waals surface area contributed by atoms with Crippen LogP contribution in [-0.2, 0) is 4.79 Å². The topological polar surface area (TPSA) is 60.9 Å². The largest absolute Gasteiger partial charge is 0.342 e. The molecule has 3 aliphatic rings. The van der Waals surface area contributed by atoms with Crippen molar-refractivity contribution < 1.29 is 23.2 Å². The maximum absolute atomic E-state index is 13.9. The second-order valence-corrected chi connectivity index (χ2v) is 9.74. The van der Waals surface area contributed by atoms with Gasteiger partial charge in [0.05, 0.1) is 11.5 Å². The number of rotatable bonds is 3. The number of benzene rings is 2. The van der Waals surface area contributed by atoms with Gasteiger partial charge >= 0.3 is 0 Å². The number of nitrogens with zero attached hydrogens (tertiary/aromatic N) is 3. The first-order valence-electron chi connectivity index (χ1n) is 11.7. The van der Waals surface area contributed by atoms with Crippen LogP contribution in [0.25, 0.3) is 0 Å². The molecule has 2 fully saturated rings. The van der Waals surface area contributed by atoms with E-state index in [1.165, 1.54) is 4.90 Å². The molecule has 3 aliphatic heterocycles. The van der Waals surface area contributed by atoms with Gasteiger partial charge in [0.1, 0.15) is 11.6 Å². The van der Waals surface area contributed by atoms with E-state index in [0.29, 0.717) is 24.2 Å². The van der Waals surface area contributed by atoms with Crippen LogP contribution in [0, 0.1) is 11.6 Å². The van der Waals surface area contributed by atoms with E-state index in [4.69, 9.17) is 0 Å². The van der Waals surface area contributed by atoms with Gasteiger partial charge in [0.25, 0.3) is 11.8 Å². The molecule has 0 aliphatic carbocycles. The van der Waals surface area contributed by atoms with Crippen LogP contribution in [0.5, 0.6) is 0 Å². The minimum absolute atomic E-state index is 0.0352. The van der Waals surface area contributed by atoms with E-state index in [-0.39, 0.29) is 36.5 Å². The number of carbonyl (C=O) groups excluding carboxylic acids is 3. The molecular formula is C26H27F2N3O3. The van der Waals surface area contributed by atoms with Gasteiger partial charge in [0, 0.05) is 49.4 Å². The van der Waals surface area contributed by atoms with E-state index >= 15 is 0 Å². The Morgan fingerprint density at radius 2 is 1.59 bits per heavy atom. The summed E-state index contributed by atoms with van der Waals surface area (Å²) in [5.74, 6) is -2.99. The van der Waals surface area contributed by atoms with Gasteiger partial charge in [-0.2, -0.15) is 0 Å². The van der Waals surface area contributed by atoms with E-state index in [1.54, 1.807) is 17.0 Å². The highest BCUT2D eigenvalue weighted by Gasteiger charge is 2.62. The third-order valence-electron chi connectivity index (χ3n) is 7.25. The fourth-order valence-corrected chi connectivity index (χ4v) is 5.89. The molecule has 0 radical (unpaired) electrons. The Bertz CT molecular complexity index is 1150. The lowest BCUT2D eigenvalue weighted by Crippen LogP contribution is -2.78. The first-order valence-corrected chi connectivity index (χ1v) is 11.7. The Labute approximate surface area is 197 Å². The molecule has 2 aromatic rings. The van der Waals surface area contributed by atoms with Gasteiger partial charge in [-0.25, -0.2) is 8.78 Å². The van der Waals surface area contributed by atoms with Crippen LogP contribution >= 0.6 is 0 Å². The molecule has 2 aromatic carbocycles. The summed E-state index contributed by atoms with van der Waals surface area (Å²) in [6.45, 7) is 5.39. The third kappa shape index (κ3) is 3.38. The Hall–Kier alpha value is -3.29. The summed E-state index contributed by atoms with van der Waals surface area (Å²) in [6, 6.07) is 9.72. The average molecular weight is 468 g/mol. The molecule has 3 heterocycles. The first-order chi connectivity index (χ1) is 16.2. The van der Waals surface area contributed by atoms with Gasteiger partial charge in [-0.1, -0.05) is 18.2 Å². The molecule has 8 heteroatoms. The van der Waals surface area contributed by atoms with Crippen LogP contribution in [0.1, 0.15) is 58.9 Å². The van der Waals surface area contributed by atoms with Crippen LogP contribution in [0.15, 0.2) is 42.5 Å².